The maximum absolute atomic E-state index is 10.3. The Morgan fingerprint density at radius 2 is 2.20 bits per heavy atom. The molecule has 1 aromatic rings. The van der Waals surface area contributed by atoms with Crippen LogP contribution in [-0.2, 0) is 4.74 Å². The highest BCUT2D eigenvalue weighted by Crippen LogP contribution is 2.19. The minimum absolute atomic E-state index is 0.386. The zero-order valence-electron chi connectivity index (χ0n) is 11.4. The first kappa shape index (κ1) is 16.1. The van der Waals surface area contributed by atoms with Gasteiger partial charge in [0, 0.05) is 41.8 Å². The fraction of sp³-hybridized carbons (Fsp3) is 0.571. The molecule has 1 heterocycles. The van der Waals surface area contributed by atoms with E-state index in [4.69, 9.17) is 16.3 Å². The van der Waals surface area contributed by atoms with E-state index in [-0.39, 0.29) is 0 Å². The lowest BCUT2D eigenvalue weighted by atomic mass is 10.1. The van der Waals surface area contributed by atoms with Crippen LogP contribution in [-0.4, -0.2) is 55.9 Å². The van der Waals surface area contributed by atoms with Crippen molar-refractivity contribution in [3.8, 4) is 0 Å². The monoisotopic (exact) mass is 316 g/mol. The number of ether oxygens (including phenoxy) is 1. The third kappa shape index (κ3) is 5.60. The van der Waals surface area contributed by atoms with Crippen LogP contribution in [0.5, 0.6) is 0 Å². The Bertz CT molecular complexity index is 395. The first-order chi connectivity index (χ1) is 9.68. The lowest BCUT2D eigenvalue weighted by molar-refractivity contribution is -0.0258. The normalized spacial score (nSPS) is 23.5. The van der Waals surface area contributed by atoms with Gasteiger partial charge in [0.2, 0.25) is 0 Å². The maximum atomic E-state index is 10.3. The molecule has 1 fully saturated rings. The van der Waals surface area contributed by atoms with Gasteiger partial charge in [-0.15, -0.1) is 11.8 Å². The largest absolute Gasteiger partial charge is 0.385 e. The van der Waals surface area contributed by atoms with E-state index >= 15 is 0 Å². The summed E-state index contributed by atoms with van der Waals surface area (Å²) in [6.45, 7) is 3.81. The first-order valence-corrected chi connectivity index (χ1v) is 8.14. The van der Waals surface area contributed by atoms with E-state index in [9.17, 15) is 5.11 Å². The molecule has 1 aromatic carbocycles. The van der Waals surface area contributed by atoms with Crippen LogP contribution < -0.4 is 10.6 Å². The van der Waals surface area contributed by atoms with Crippen LogP contribution in [0.4, 0.5) is 0 Å². The third-order valence-electron chi connectivity index (χ3n) is 3.06. The van der Waals surface area contributed by atoms with Crippen LogP contribution in [0.3, 0.4) is 0 Å². The minimum atomic E-state index is -0.804. The van der Waals surface area contributed by atoms with Gasteiger partial charge in [0.1, 0.15) is 5.60 Å². The number of nitrogens with one attached hydrogen (secondary N) is 2. The molecule has 0 bridgehead atoms. The standard InChI is InChI=1S/C14H21ClN2O2S/c15-12-1-3-13(4-2-12)20-8-6-17-10-14(18)9-16-5-7-19-11-14/h1-4,16-18H,5-11H2. The summed E-state index contributed by atoms with van der Waals surface area (Å²) in [6.07, 6.45) is 0. The van der Waals surface area contributed by atoms with Crippen molar-refractivity contribution in [1.82, 2.24) is 10.6 Å². The highest BCUT2D eigenvalue weighted by molar-refractivity contribution is 7.99. The van der Waals surface area contributed by atoms with Crippen molar-refractivity contribution in [3.63, 3.8) is 0 Å². The summed E-state index contributed by atoms with van der Waals surface area (Å²) in [5.74, 6) is 0.950. The van der Waals surface area contributed by atoms with Gasteiger partial charge in [0.15, 0.2) is 0 Å². The molecule has 112 valence electrons. The van der Waals surface area contributed by atoms with E-state index in [1.165, 1.54) is 4.90 Å². The Morgan fingerprint density at radius 1 is 1.40 bits per heavy atom. The van der Waals surface area contributed by atoms with E-state index in [1.807, 2.05) is 24.3 Å². The predicted octanol–water partition coefficient (Wildman–Crippen LogP) is 1.37. The molecule has 1 unspecified atom stereocenters. The van der Waals surface area contributed by atoms with E-state index < -0.39 is 5.60 Å². The number of rotatable bonds is 6. The van der Waals surface area contributed by atoms with Crippen molar-refractivity contribution in [1.29, 1.82) is 0 Å². The molecule has 0 spiro atoms. The van der Waals surface area contributed by atoms with E-state index in [1.54, 1.807) is 11.8 Å². The molecule has 20 heavy (non-hydrogen) atoms. The number of hydrogen-bond acceptors (Lipinski definition) is 5. The molecule has 1 aliphatic heterocycles. The molecule has 1 saturated heterocycles. The van der Waals surface area contributed by atoms with Crippen LogP contribution >= 0.6 is 23.4 Å². The van der Waals surface area contributed by atoms with E-state index in [2.05, 4.69) is 10.6 Å². The average molecular weight is 317 g/mol. The zero-order valence-corrected chi connectivity index (χ0v) is 13.0. The van der Waals surface area contributed by atoms with Crippen molar-refractivity contribution in [2.24, 2.45) is 0 Å². The van der Waals surface area contributed by atoms with Gasteiger partial charge in [-0.05, 0) is 24.3 Å². The summed E-state index contributed by atoms with van der Waals surface area (Å²) in [4.78, 5) is 1.20. The quantitative estimate of drug-likeness (QED) is 0.547. The van der Waals surface area contributed by atoms with Gasteiger partial charge in [0.25, 0.3) is 0 Å². The SMILES string of the molecule is OC1(CNCCSc2ccc(Cl)cc2)CNCCOC1. The Labute approximate surface area is 129 Å². The van der Waals surface area contributed by atoms with Crippen LogP contribution in [0.2, 0.25) is 5.02 Å². The smallest absolute Gasteiger partial charge is 0.113 e. The van der Waals surface area contributed by atoms with Crippen molar-refractivity contribution in [2.45, 2.75) is 10.5 Å². The molecule has 0 saturated carbocycles. The topological polar surface area (TPSA) is 53.5 Å². The van der Waals surface area contributed by atoms with Crippen LogP contribution in [0, 0.1) is 0 Å². The van der Waals surface area contributed by atoms with Gasteiger partial charge in [-0.2, -0.15) is 0 Å². The third-order valence-corrected chi connectivity index (χ3v) is 4.33. The second-order valence-electron chi connectivity index (χ2n) is 4.93. The van der Waals surface area contributed by atoms with Crippen LogP contribution in [0.1, 0.15) is 0 Å². The van der Waals surface area contributed by atoms with Gasteiger partial charge in [-0.25, -0.2) is 0 Å². The molecule has 1 atom stereocenters. The van der Waals surface area contributed by atoms with Gasteiger partial charge in [-0.1, -0.05) is 11.6 Å². The summed E-state index contributed by atoms with van der Waals surface area (Å²) in [5, 5.41) is 17.6. The number of aliphatic hydroxyl groups is 1. The van der Waals surface area contributed by atoms with Crippen molar-refractivity contribution >= 4 is 23.4 Å². The van der Waals surface area contributed by atoms with Gasteiger partial charge in [-0.3, -0.25) is 0 Å². The van der Waals surface area contributed by atoms with Gasteiger partial charge < -0.3 is 20.5 Å². The molecule has 0 aromatic heterocycles. The Morgan fingerprint density at radius 3 is 3.00 bits per heavy atom. The number of thioether (sulfide) groups is 1. The minimum Gasteiger partial charge on any atom is -0.385 e. The lowest BCUT2D eigenvalue weighted by Gasteiger charge is -2.26. The molecule has 1 aliphatic rings. The Kier molecular flexibility index (Phi) is 6.61. The van der Waals surface area contributed by atoms with Crippen molar-refractivity contribution in [2.75, 3.05) is 45.1 Å². The molecule has 0 amide bonds. The predicted molar refractivity (Wildman–Crippen MR) is 83.7 cm³/mol. The summed E-state index contributed by atoms with van der Waals surface area (Å²) in [5.41, 5.74) is -0.804. The second-order valence-corrected chi connectivity index (χ2v) is 6.54. The zero-order chi connectivity index (χ0) is 14.3. The van der Waals surface area contributed by atoms with Gasteiger partial charge in [0.05, 0.1) is 13.2 Å². The highest BCUT2D eigenvalue weighted by Gasteiger charge is 2.28. The Balaban J connectivity index is 1.62. The molecular formula is C14H21ClN2O2S. The fourth-order valence-corrected chi connectivity index (χ4v) is 2.92. The molecule has 2 rings (SSSR count). The van der Waals surface area contributed by atoms with Crippen LogP contribution in [0.15, 0.2) is 29.2 Å². The highest BCUT2D eigenvalue weighted by atomic mass is 35.5. The maximum Gasteiger partial charge on any atom is 0.113 e. The Hall–Kier alpha value is -0.300. The molecular weight excluding hydrogens is 296 g/mol. The molecule has 0 aliphatic carbocycles. The van der Waals surface area contributed by atoms with Crippen molar-refractivity contribution < 1.29 is 9.84 Å². The molecule has 6 heteroatoms. The van der Waals surface area contributed by atoms with E-state index in [0.29, 0.717) is 26.3 Å². The van der Waals surface area contributed by atoms with E-state index in [0.717, 1.165) is 23.9 Å². The van der Waals surface area contributed by atoms with Crippen LogP contribution in [0.25, 0.3) is 0 Å². The lowest BCUT2D eigenvalue weighted by Crippen LogP contribution is -2.50. The molecule has 4 nitrogen and oxygen atoms in total. The number of halogens is 1. The van der Waals surface area contributed by atoms with Crippen molar-refractivity contribution in [3.05, 3.63) is 29.3 Å². The summed E-state index contributed by atoms with van der Waals surface area (Å²) in [6, 6.07) is 7.83. The van der Waals surface area contributed by atoms with Gasteiger partial charge >= 0.3 is 0 Å². The summed E-state index contributed by atoms with van der Waals surface area (Å²) >= 11 is 7.61. The average Bonchev–Trinajstić information content (AvgIpc) is 2.66. The number of benzene rings is 1. The fourth-order valence-electron chi connectivity index (χ4n) is 1.99. The summed E-state index contributed by atoms with van der Waals surface area (Å²) in [7, 11) is 0. The first-order valence-electron chi connectivity index (χ1n) is 6.78. The second kappa shape index (κ2) is 8.22. The number of β-amino-alcohol motifs (C(OH)–C–C–N with tert-alkyl or cyclic N) is 1. The molecule has 0 radical (unpaired) electrons. The number of hydrogen-bond donors (Lipinski definition) is 3. The molecule has 3 N–H and O–H groups in total. The summed E-state index contributed by atoms with van der Waals surface area (Å²) < 4.78 is 5.38.